The number of ether oxygens (including phenoxy) is 3. The Morgan fingerprint density at radius 2 is 1.84 bits per heavy atom. The van der Waals surface area contributed by atoms with Gasteiger partial charge in [0.05, 0.1) is 23.1 Å². The minimum Gasteiger partial charge on any atom is -0.497 e. The summed E-state index contributed by atoms with van der Waals surface area (Å²) in [6, 6.07) is 16.3. The molecule has 1 heterocycles. The molecular weight excluding hydrogens is 455 g/mol. The highest BCUT2D eigenvalue weighted by Crippen LogP contribution is 2.28. The van der Waals surface area contributed by atoms with Gasteiger partial charge >= 0.3 is 5.97 Å². The highest BCUT2D eigenvalue weighted by molar-refractivity contribution is 6.35. The maximum atomic E-state index is 12.9. The molecule has 0 aliphatic carbocycles. The van der Waals surface area contributed by atoms with Crippen molar-refractivity contribution >= 4 is 40.1 Å². The molecule has 162 valence electrons. The van der Waals surface area contributed by atoms with Crippen LogP contribution in [0, 0.1) is 0 Å². The molecule has 0 unspecified atom stereocenters. The van der Waals surface area contributed by atoms with Gasteiger partial charge in [-0.25, -0.2) is 4.79 Å². The van der Waals surface area contributed by atoms with Gasteiger partial charge in [-0.1, -0.05) is 35.3 Å². The van der Waals surface area contributed by atoms with Crippen molar-refractivity contribution in [2.75, 3.05) is 13.7 Å². The van der Waals surface area contributed by atoms with Gasteiger partial charge < -0.3 is 18.6 Å². The minimum absolute atomic E-state index is 0.210. The summed E-state index contributed by atoms with van der Waals surface area (Å²) >= 11 is 11.9. The number of hydrogen-bond acceptors (Lipinski definition) is 6. The van der Waals surface area contributed by atoms with Gasteiger partial charge in [0.15, 0.2) is 12.0 Å². The SMILES string of the molecule is COc1cccc(-c2coc3cc(OC(=O)COc4ccc(Cl)cc4Cl)ccc3c2=O)c1. The Balaban J connectivity index is 1.51. The lowest BCUT2D eigenvalue weighted by Crippen LogP contribution is -2.17. The summed E-state index contributed by atoms with van der Waals surface area (Å²) in [5, 5.41) is 1.09. The zero-order valence-corrected chi connectivity index (χ0v) is 18.3. The fourth-order valence-corrected chi connectivity index (χ4v) is 3.51. The summed E-state index contributed by atoms with van der Waals surface area (Å²) in [6.07, 6.45) is 1.37. The summed E-state index contributed by atoms with van der Waals surface area (Å²) < 4.78 is 21.5. The largest absolute Gasteiger partial charge is 0.497 e. The van der Waals surface area contributed by atoms with Crippen LogP contribution in [0.25, 0.3) is 22.1 Å². The Bertz CT molecular complexity index is 1360. The van der Waals surface area contributed by atoms with Crippen LogP contribution in [0.2, 0.25) is 10.0 Å². The first kappa shape index (κ1) is 21.7. The van der Waals surface area contributed by atoms with Crippen molar-refractivity contribution < 1.29 is 23.4 Å². The number of halogens is 2. The molecule has 0 atom stereocenters. The summed E-state index contributed by atoms with van der Waals surface area (Å²) in [4.78, 5) is 25.1. The third-order valence-electron chi connectivity index (χ3n) is 4.60. The zero-order chi connectivity index (χ0) is 22.7. The average molecular weight is 471 g/mol. The fraction of sp³-hybridized carbons (Fsp3) is 0.0833. The van der Waals surface area contributed by atoms with E-state index < -0.39 is 5.97 Å². The summed E-state index contributed by atoms with van der Waals surface area (Å²) in [7, 11) is 1.56. The number of hydrogen-bond donors (Lipinski definition) is 0. The third-order valence-corrected chi connectivity index (χ3v) is 5.13. The molecule has 8 heteroatoms. The van der Waals surface area contributed by atoms with Crippen LogP contribution in [0.1, 0.15) is 0 Å². The van der Waals surface area contributed by atoms with Crippen molar-refractivity contribution in [3.05, 3.63) is 87.2 Å². The molecule has 1 aromatic heterocycles. The molecule has 0 bridgehead atoms. The summed E-state index contributed by atoms with van der Waals surface area (Å²) in [5.41, 5.74) is 1.15. The third kappa shape index (κ3) is 4.72. The number of rotatable bonds is 6. The van der Waals surface area contributed by atoms with E-state index in [4.69, 9.17) is 41.8 Å². The quantitative estimate of drug-likeness (QED) is 0.263. The van der Waals surface area contributed by atoms with E-state index in [1.807, 2.05) is 0 Å². The molecule has 0 aliphatic rings. The molecule has 4 aromatic rings. The van der Waals surface area contributed by atoms with E-state index >= 15 is 0 Å². The maximum absolute atomic E-state index is 12.9. The number of carbonyl (C=O) groups excluding carboxylic acids is 1. The molecular formula is C24H16Cl2O6. The average Bonchev–Trinajstić information content (AvgIpc) is 2.79. The van der Waals surface area contributed by atoms with E-state index in [2.05, 4.69) is 0 Å². The van der Waals surface area contributed by atoms with Crippen molar-refractivity contribution in [1.29, 1.82) is 0 Å². The Labute approximate surface area is 192 Å². The van der Waals surface area contributed by atoms with Crippen LogP contribution < -0.4 is 19.6 Å². The number of fused-ring (bicyclic) bond motifs is 1. The smallest absolute Gasteiger partial charge is 0.349 e. The molecule has 4 rings (SSSR count). The second-order valence-electron chi connectivity index (χ2n) is 6.71. The van der Waals surface area contributed by atoms with Gasteiger partial charge in [0.2, 0.25) is 0 Å². The van der Waals surface area contributed by atoms with Crippen LogP contribution in [-0.4, -0.2) is 19.7 Å². The van der Waals surface area contributed by atoms with E-state index in [0.29, 0.717) is 33.0 Å². The van der Waals surface area contributed by atoms with Crippen LogP contribution in [0.5, 0.6) is 17.2 Å². The molecule has 0 saturated carbocycles. The molecule has 0 N–H and O–H groups in total. The van der Waals surface area contributed by atoms with Crippen LogP contribution >= 0.6 is 23.2 Å². The van der Waals surface area contributed by atoms with E-state index in [0.717, 1.165) is 0 Å². The zero-order valence-electron chi connectivity index (χ0n) is 16.8. The molecule has 0 amide bonds. The first-order valence-electron chi connectivity index (χ1n) is 9.43. The van der Waals surface area contributed by atoms with Crippen LogP contribution in [0.15, 0.2) is 76.1 Å². The lowest BCUT2D eigenvalue weighted by molar-refractivity contribution is -0.136. The van der Waals surface area contributed by atoms with Gasteiger partial charge in [-0.15, -0.1) is 0 Å². The van der Waals surface area contributed by atoms with Crippen LogP contribution in [-0.2, 0) is 4.79 Å². The minimum atomic E-state index is -0.647. The normalized spacial score (nSPS) is 10.7. The maximum Gasteiger partial charge on any atom is 0.349 e. The van der Waals surface area contributed by atoms with Crippen molar-refractivity contribution in [3.8, 4) is 28.4 Å². The standard InChI is InChI=1S/C24H16Cl2O6/c1-29-16-4-2-3-14(9-16)19-12-30-22-11-17(6-7-18(22)24(19)28)32-23(27)13-31-21-8-5-15(25)10-20(21)26/h2-12H,13H2,1H3. The summed E-state index contributed by atoms with van der Waals surface area (Å²) in [5.74, 6) is 0.505. The lowest BCUT2D eigenvalue weighted by atomic mass is 10.1. The van der Waals surface area contributed by atoms with E-state index in [1.165, 1.54) is 24.5 Å². The molecule has 0 saturated heterocycles. The van der Waals surface area contributed by atoms with Gasteiger partial charge in [-0.05, 0) is 48.0 Å². The van der Waals surface area contributed by atoms with Gasteiger partial charge in [0, 0.05) is 11.1 Å². The Kier molecular flexibility index (Phi) is 6.35. The van der Waals surface area contributed by atoms with Crippen LogP contribution in [0.4, 0.5) is 0 Å². The Hall–Kier alpha value is -3.48. The second-order valence-corrected chi connectivity index (χ2v) is 7.55. The van der Waals surface area contributed by atoms with Gasteiger partial charge in [0.1, 0.15) is 29.1 Å². The first-order valence-corrected chi connectivity index (χ1v) is 10.2. The highest BCUT2D eigenvalue weighted by Gasteiger charge is 2.13. The monoisotopic (exact) mass is 470 g/mol. The predicted octanol–water partition coefficient (Wildman–Crippen LogP) is 5.76. The highest BCUT2D eigenvalue weighted by atomic mass is 35.5. The first-order chi connectivity index (χ1) is 15.4. The molecule has 32 heavy (non-hydrogen) atoms. The number of methoxy groups -OCH3 is 1. The molecule has 0 fully saturated rings. The lowest BCUT2D eigenvalue weighted by Gasteiger charge is -2.09. The summed E-state index contributed by atoms with van der Waals surface area (Å²) in [6.45, 7) is -0.363. The van der Waals surface area contributed by atoms with Crippen molar-refractivity contribution in [1.82, 2.24) is 0 Å². The van der Waals surface area contributed by atoms with Gasteiger partial charge in [0.25, 0.3) is 0 Å². The molecule has 3 aromatic carbocycles. The number of esters is 1. The van der Waals surface area contributed by atoms with Crippen molar-refractivity contribution in [2.24, 2.45) is 0 Å². The van der Waals surface area contributed by atoms with Crippen LogP contribution in [0.3, 0.4) is 0 Å². The Morgan fingerprint density at radius 3 is 2.62 bits per heavy atom. The van der Waals surface area contributed by atoms with Gasteiger partial charge in [-0.2, -0.15) is 0 Å². The van der Waals surface area contributed by atoms with Gasteiger partial charge in [-0.3, -0.25) is 4.79 Å². The molecule has 6 nitrogen and oxygen atoms in total. The molecule has 0 aliphatic heterocycles. The fourth-order valence-electron chi connectivity index (χ4n) is 3.05. The molecule has 0 radical (unpaired) electrons. The van der Waals surface area contributed by atoms with E-state index in [1.54, 1.807) is 49.6 Å². The van der Waals surface area contributed by atoms with E-state index in [9.17, 15) is 9.59 Å². The van der Waals surface area contributed by atoms with Crippen molar-refractivity contribution in [2.45, 2.75) is 0 Å². The van der Waals surface area contributed by atoms with E-state index in [-0.39, 0.29) is 28.4 Å². The Morgan fingerprint density at radius 1 is 1.00 bits per heavy atom. The topological polar surface area (TPSA) is 75.0 Å². The predicted molar refractivity (Wildman–Crippen MR) is 122 cm³/mol. The number of carbonyl (C=O) groups is 1. The van der Waals surface area contributed by atoms with Crippen molar-refractivity contribution in [3.63, 3.8) is 0 Å². The molecule has 0 spiro atoms. The second kappa shape index (κ2) is 9.34. The number of benzene rings is 3.